The molecule has 0 bridgehead atoms. The zero-order chi connectivity index (χ0) is 64.6. The Bertz CT molecular complexity index is 1820. The summed E-state index contributed by atoms with van der Waals surface area (Å²) in [5.41, 5.74) is 0. The van der Waals surface area contributed by atoms with Crippen molar-refractivity contribution in [2.75, 3.05) is 13.2 Å². The Labute approximate surface area is 546 Å². The maximum atomic E-state index is 13.5. The molecule has 0 aromatic heterocycles. The van der Waals surface area contributed by atoms with Gasteiger partial charge in [-0.05, 0) is 103 Å². The molecule has 0 saturated carbocycles. The van der Waals surface area contributed by atoms with E-state index in [1.165, 1.54) is 173 Å². The number of rotatable bonds is 63. The molecule has 0 aromatic carbocycles. The van der Waals surface area contributed by atoms with Crippen LogP contribution in [0.15, 0.2) is 97.2 Å². The van der Waals surface area contributed by atoms with Crippen molar-refractivity contribution in [2.45, 2.75) is 372 Å². The fraction of sp³-hybridized carbons (Fsp3) is 0.769. The summed E-state index contributed by atoms with van der Waals surface area (Å²) in [6.45, 7) is 5.68. The molecule has 8 unspecified atom stereocenters. The summed E-state index contributed by atoms with van der Waals surface area (Å²) in [6.07, 6.45) is 77.3. The van der Waals surface area contributed by atoms with Crippen molar-refractivity contribution in [3.8, 4) is 0 Å². The lowest BCUT2D eigenvalue weighted by Gasteiger charge is -2.41. The van der Waals surface area contributed by atoms with Crippen molar-refractivity contribution >= 4 is 11.9 Å². The highest BCUT2D eigenvalue weighted by atomic mass is 16.7. The van der Waals surface area contributed by atoms with Crippen LogP contribution in [0, 0.1) is 0 Å². The number of hydrogen-bond acceptors (Lipinski definition) is 10. The molecule has 89 heavy (non-hydrogen) atoms. The molecule has 6 N–H and O–H groups in total. The topological polar surface area (TPSA) is 175 Å². The van der Waals surface area contributed by atoms with E-state index in [2.05, 4.69) is 111 Å². The summed E-state index contributed by atoms with van der Waals surface area (Å²) in [5.74, 6) is -1.19. The molecule has 1 heterocycles. The molecule has 0 radical (unpaired) electrons. The molecular formula is C78H137NO10. The average molecular weight is 1250 g/mol. The number of carbonyl (C=O) groups is 2. The van der Waals surface area contributed by atoms with Gasteiger partial charge in [-0.25, -0.2) is 0 Å². The number of esters is 1. The molecule has 1 amide bonds. The average Bonchev–Trinajstić information content (AvgIpc) is 1.43. The lowest BCUT2D eigenvalue weighted by atomic mass is 9.99. The van der Waals surface area contributed by atoms with Gasteiger partial charge in [-0.15, -0.1) is 0 Å². The van der Waals surface area contributed by atoms with E-state index in [-0.39, 0.29) is 19.4 Å². The molecule has 8 atom stereocenters. The van der Waals surface area contributed by atoms with Crippen LogP contribution in [-0.4, -0.2) is 99.6 Å². The lowest BCUT2D eigenvalue weighted by molar-refractivity contribution is -0.305. The van der Waals surface area contributed by atoms with Crippen LogP contribution in [0.2, 0.25) is 0 Å². The Hall–Kier alpha value is -3.42. The number of amides is 1. The van der Waals surface area contributed by atoms with Gasteiger partial charge in [-0.3, -0.25) is 9.59 Å². The minimum Gasteiger partial charge on any atom is -0.454 e. The highest BCUT2D eigenvalue weighted by Gasteiger charge is 2.47. The van der Waals surface area contributed by atoms with Crippen LogP contribution in [0.1, 0.15) is 323 Å². The van der Waals surface area contributed by atoms with Gasteiger partial charge in [0, 0.05) is 6.42 Å². The third-order valence-electron chi connectivity index (χ3n) is 17.0. The predicted octanol–water partition coefficient (Wildman–Crippen LogP) is 19.4. The summed E-state index contributed by atoms with van der Waals surface area (Å²) in [4.78, 5) is 26.7. The van der Waals surface area contributed by atoms with E-state index in [1.54, 1.807) is 6.08 Å². The van der Waals surface area contributed by atoms with E-state index in [9.17, 15) is 35.1 Å². The van der Waals surface area contributed by atoms with Gasteiger partial charge in [0.05, 0.1) is 25.4 Å². The number of allylic oxidation sites excluding steroid dienone is 15. The van der Waals surface area contributed by atoms with Crippen LogP contribution < -0.4 is 5.32 Å². The second-order valence-corrected chi connectivity index (χ2v) is 25.3. The number of hydrogen-bond donors (Lipinski definition) is 6. The highest BCUT2D eigenvalue weighted by Crippen LogP contribution is 2.26. The van der Waals surface area contributed by atoms with Gasteiger partial charge < -0.3 is 45.1 Å². The van der Waals surface area contributed by atoms with E-state index in [1.807, 2.05) is 6.08 Å². The lowest BCUT2D eigenvalue weighted by Crippen LogP contribution is -2.61. The first-order valence-electron chi connectivity index (χ1n) is 37.0. The number of nitrogens with one attached hydrogen (secondary N) is 1. The highest BCUT2D eigenvalue weighted by molar-refractivity contribution is 5.80. The Balaban J connectivity index is 2.52. The van der Waals surface area contributed by atoms with Gasteiger partial charge in [0.25, 0.3) is 0 Å². The number of carbonyl (C=O) groups excluding carboxylic acids is 2. The SMILES string of the molecule is CC/C=C\C/C=C\C/C=C\C/C=C\C/C=C\CCCCCCCCCCCCCC(=O)OC1C(OCC(NC(=O)C(O)CCCCCCCCCCCCCC/C=C\C/C=C\CCCCC)C(O)/C=C/CCCCCCCCCCC)OC(CO)C(O)C1O. The molecule has 1 rings (SSSR count). The molecule has 11 heteroatoms. The normalized spacial score (nSPS) is 18.7. The third kappa shape index (κ3) is 51.7. The van der Waals surface area contributed by atoms with Crippen molar-refractivity contribution < 1.29 is 49.3 Å². The zero-order valence-corrected chi connectivity index (χ0v) is 57.3. The minimum atomic E-state index is -1.62. The molecular weight excluding hydrogens is 1110 g/mol. The molecule has 0 aromatic rings. The number of ether oxygens (including phenoxy) is 3. The monoisotopic (exact) mass is 1250 g/mol. The van der Waals surface area contributed by atoms with Crippen LogP contribution in [0.4, 0.5) is 0 Å². The Morgan fingerprint density at radius 1 is 0.449 bits per heavy atom. The van der Waals surface area contributed by atoms with E-state index in [0.717, 1.165) is 103 Å². The van der Waals surface area contributed by atoms with Crippen LogP contribution >= 0.6 is 0 Å². The van der Waals surface area contributed by atoms with Crippen LogP contribution in [0.3, 0.4) is 0 Å². The largest absolute Gasteiger partial charge is 0.454 e. The van der Waals surface area contributed by atoms with E-state index >= 15 is 0 Å². The minimum absolute atomic E-state index is 0.116. The first-order chi connectivity index (χ1) is 43.7. The first-order valence-corrected chi connectivity index (χ1v) is 37.0. The van der Waals surface area contributed by atoms with Crippen molar-refractivity contribution in [1.82, 2.24) is 5.32 Å². The fourth-order valence-electron chi connectivity index (χ4n) is 11.2. The molecule has 11 nitrogen and oxygen atoms in total. The van der Waals surface area contributed by atoms with Crippen LogP contribution in [0.5, 0.6) is 0 Å². The Morgan fingerprint density at radius 2 is 0.809 bits per heavy atom. The summed E-state index contributed by atoms with van der Waals surface area (Å²) in [6, 6.07) is -1.03. The Morgan fingerprint density at radius 3 is 1.24 bits per heavy atom. The van der Waals surface area contributed by atoms with E-state index in [4.69, 9.17) is 14.2 Å². The maximum absolute atomic E-state index is 13.5. The summed E-state index contributed by atoms with van der Waals surface area (Å²) < 4.78 is 17.7. The molecule has 0 aliphatic carbocycles. The van der Waals surface area contributed by atoms with Gasteiger partial charge in [-0.2, -0.15) is 0 Å². The molecule has 0 spiro atoms. The van der Waals surface area contributed by atoms with E-state index < -0.39 is 67.4 Å². The molecule has 1 aliphatic rings. The number of unbranched alkanes of at least 4 members (excludes halogenated alkanes) is 35. The van der Waals surface area contributed by atoms with E-state index in [0.29, 0.717) is 12.8 Å². The smallest absolute Gasteiger partial charge is 0.306 e. The third-order valence-corrected chi connectivity index (χ3v) is 17.0. The second kappa shape index (κ2) is 64.7. The fourth-order valence-corrected chi connectivity index (χ4v) is 11.2. The number of aliphatic hydroxyl groups is 5. The maximum Gasteiger partial charge on any atom is 0.306 e. The van der Waals surface area contributed by atoms with Gasteiger partial charge >= 0.3 is 5.97 Å². The van der Waals surface area contributed by atoms with Gasteiger partial charge in [0.2, 0.25) is 5.91 Å². The van der Waals surface area contributed by atoms with Crippen molar-refractivity contribution in [3.05, 3.63) is 97.2 Å². The quantitative estimate of drug-likeness (QED) is 0.0195. The van der Waals surface area contributed by atoms with Gasteiger partial charge in [0.15, 0.2) is 12.4 Å². The first kappa shape index (κ1) is 83.6. The molecule has 1 aliphatic heterocycles. The summed E-state index contributed by atoms with van der Waals surface area (Å²) in [7, 11) is 0. The predicted molar refractivity (Wildman–Crippen MR) is 375 cm³/mol. The zero-order valence-electron chi connectivity index (χ0n) is 57.3. The number of aliphatic hydroxyl groups excluding tert-OH is 5. The van der Waals surface area contributed by atoms with Crippen LogP contribution in [0.25, 0.3) is 0 Å². The molecule has 514 valence electrons. The Kier molecular flexibility index (Phi) is 60.7. The second-order valence-electron chi connectivity index (χ2n) is 25.3. The standard InChI is InChI=1S/C78H137NO10/c1-4-7-10-13-16-19-22-24-26-28-30-32-34-35-36-37-38-40-42-44-46-48-51-54-57-60-63-66-73(83)89-76-75(85)74(84)72(67-80)88-78(76)87-68-69(70(81)64-61-58-55-52-49-21-18-15-12-9-6-3)79-77(86)71(82)65-62-59-56-53-50-47-45-43-41-39-33-31-29-27-25-23-20-17-14-11-8-5-2/h7,10,16-17,19-20,24-27,30,32,35-36,61,64,69-72,74-76,78,80-82,84-85H,4-6,8-9,11-15,18,21-23,28-29,31,33-34,37-60,62-63,65-68H2,1-3H3,(H,79,86)/b10-7-,19-16-,20-17-,26-24-,27-25-,32-30-,36-35-,64-61+. The van der Waals surface area contributed by atoms with Crippen LogP contribution in [-0.2, 0) is 23.8 Å². The molecule has 1 fully saturated rings. The van der Waals surface area contributed by atoms with Crippen molar-refractivity contribution in [3.63, 3.8) is 0 Å². The molecule has 1 saturated heterocycles. The van der Waals surface area contributed by atoms with Gasteiger partial charge in [0.1, 0.15) is 24.4 Å². The summed E-state index contributed by atoms with van der Waals surface area (Å²) in [5, 5.41) is 57.3. The van der Waals surface area contributed by atoms with Gasteiger partial charge in [-0.1, -0.05) is 311 Å². The van der Waals surface area contributed by atoms with Crippen molar-refractivity contribution in [1.29, 1.82) is 0 Å². The summed E-state index contributed by atoms with van der Waals surface area (Å²) >= 11 is 0. The van der Waals surface area contributed by atoms with Crippen molar-refractivity contribution in [2.24, 2.45) is 0 Å².